The molecular weight excluding hydrogens is 285 g/mol. The molecule has 0 amide bonds. The van der Waals surface area contributed by atoms with Gasteiger partial charge in [-0.25, -0.2) is 9.78 Å². The third-order valence-corrected chi connectivity index (χ3v) is 4.51. The van der Waals surface area contributed by atoms with E-state index in [1.807, 2.05) is 0 Å². The molecule has 0 aromatic carbocycles. The maximum absolute atomic E-state index is 12.8. The minimum atomic E-state index is -4.45. The number of halogens is 3. The summed E-state index contributed by atoms with van der Waals surface area (Å²) >= 11 is 0. The van der Waals surface area contributed by atoms with Crippen LogP contribution in [0.4, 0.5) is 19.0 Å². The van der Waals surface area contributed by atoms with E-state index < -0.39 is 23.8 Å². The van der Waals surface area contributed by atoms with Crippen LogP contribution in [0.1, 0.15) is 24.8 Å². The Morgan fingerprint density at radius 2 is 2.14 bits per heavy atom. The first-order chi connectivity index (χ1) is 9.88. The lowest BCUT2D eigenvalue weighted by Crippen LogP contribution is -2.40. The Morgan fingerprint density at radius 3 is 2.81 bits per heavy atom. The van der Waals surface area contributed by atoms with E-state index in [0.717, 1.165) is 37.6 Å². The molecule has 3 atom stereocenters. The van der Waals surface area contributed by atoms with Crippen molar-refractivity contribution in [2.75, 3.05) is 11.4 Å². The van der Waals surface area contributed by atoms with Gasteiger partial charge < -0.3 is 10.0 Å². The van der Waals surface area contributed by atoms with Crippen molar-refractivity contribution in [1.82, 2.24) is 4.98 Å². The number of pyridine rings is 1. The number of aliphatic carboxylic acids is 1. The lowest BCUT2D eigenvalue weighted by molar-refractivity contribution is -0.139. The first-order valence-electron chi connectivity index (χ1n) is 6.90. The molecule has 0 spiro atoms. The number of nitrogens with zero attached hydrogens (tertiary/aromatic N) is 2. The first kappa shape index (κ1) is 14.2. The van der Waals surface area contributed by atoms with Gasteiger partial charge in [-0.15, -0.1) is 0 Å². The molecule has 1 saturated carbocycles. The molecule has 1 aliphatic carbocycles. The number of fused-ring (bicyclic) bond motifs is 1. The summed E-state index contributed by atoms with van der Waals surface area (Å²) in [5, 5.41) is 9.43. The highest BCUT2D eigenvalue weighted by atomic mass is 19.4. The van der Waals surface area contributed by atoms with Crippen LogP contribution in [0.3, 0.4) is 0 Å². The maximum Gasteiger partial charge on any atom is 0.416 e. The largest absolute Gasteiger partial charge is 0.480 e. The van der Waals surface area contributed by atoms with Gasteiger partial charge >= 0.3 is 12.1 Å². The third-order valence-electron chi connectivity index (χ3n) is 4.51. The highest BCUT2D eigenvalue weighted by molar-refractivity contribution is 5.79. The number of aromatic nitrogens is 1. The number of anilines is 1. The lowest BCUT2D eigenvalue weighted by atomic mass is 9.94. The molecule has 114 valence electrons. The van der Waals surface area contributed by atoms with Gasteiger partial charge in [0.15, 0.2) is 0 Å². The van der Waals surface area contributed by atoms with Crippen LogP contribution in [0.25, 0.3) is 0 Å². The van der Waals surface area contributed by atoms with Gasteiger partial charge in [0, 0.05) is 12.7 Å². The van der Waals surface area contributed by atoms with Gasteiger partial charge in [-0.05, 0) is 36.8 Å². The fraction of sp³-hybridized carbons (Fsp3) is 0.571. The summed E-state index contributed by atoms with van der Waals surface area (Å²) in [5.41, 5.74) is -0.798. The number of carbonyl (C=O) groups is 1. The fourth-order valence-electron chi connectivity index (χ4n) is 3.61. The van der Waals surface area contributed by atoms with Crippen molar-refractivity contribution >= 4 is 11.8 Å². The Kier molecular flexibility index (Phi) is 3.30. The van der Waals surface area contributed by atoms with Crippen LogP contribution in [0.2, 0.25) is 0 Å². The number of alkyl halides is 3. The third kappa shape index (κ3) is 2.45. The smallest absolute Gasteiger partial charge is 0.416 e. The summed E-state index contributed by atoms with van der Waals surface area (Å²) in [5.74, 6) is -0.628. The van der Waals surface area contributed by atoms with E-state index in [0.29, 0.717) is 6.54 Å². The molecule has 2 fully saturated rings. The molecule has 1 aliphatic heterocycles. The molecule has 0 bridgehead atoms. The molecule has 1 aromatic heterocycles. The quantitative estimate of drug-likeness (QED) is 0.912. The predicted octanol–water partition coefficient (Wildman–Crippen LogP) is 2.79. The molecule has 4 nitrogen and oxygen atoms in total. The van der Waals surface area contributed by atoms with Crippen LogP contribution >= 0.6 is 0 Å². The summed E-state index contributed by atoms with van der Waals surface area (Å²) in [7, 11) is 0. The van der Waals surface area contributed by atoms with Gasteiger partial charge in [-0.2, -0.15) is 13.2 Å². The normalized spacial score (nSPS) is 28.7. The van der Waals surface area contributed by atoms with E-state index in [1.54, 1.807) is 0 Å². The Morgan fingerprint density at radius 1 is 1.38 bits per heavy atom. The number of carboxylic acids is 1. The Labute approximate surface area is 119 Å². The van der Waals surface area contributed by atoms with Crippen LogP contribution in [-0.4, -0.2) is 28.6 Å². The molecular formula is C14H15F3N2O2. The van der Waals surface area contributed by atoms with Crippen molar-refractivity contribution < 1.29 is 23.1 Å². The van der Waals surface area contributed by atoms with Crippen LogP contribution in [0, 0.1) is 11.8 Å². The number of hydrogen-bond donors (Lipinski definition) is 1. The van der Waals surface area contributed by atoms with Crippen LogP contribution < -0.4 is 4.90 Å². The Hall–Kier alpha value is -1.79. The van der Waals surface area contributed by atoms with Crippen molar-refractivity contribution in [2.24, 2.45) is 11.8 Å². The van der Waals surface area contributed by atoms with Gasteiger partial charge in [-0.3, -0.25) is 0 Å². The zero-order valence-corrected chi connectivity index (χ0v) is 11.2. The van der Waals surface area contributed by atoms with E-state index in [9.17, 15) is 23.1 Å². The zero-order chi connectivity index (χ0) is 15.2. The minimum absolute atomic E-state index is 0.0128. The lowest BCUT2D eigenvalue weighted by Gasteiger charge is -2.25. The van der Waals surface area contributed by atoms with Crippen molar-refractivity contribution in [1.29, 1.82) is 0 Å². The second-order valence-corrected chi connectivity index (χ2v) is 5.69. The van der Waals surface area contributed by atoms with Gasteiger partial charge in [-0.1, -0.05) is 6.42 Å². The van der Waals surface area contributed by atoms with Crippen molar-refractivity contribution in [2.45, 2.75) is 31.5 Å². The average Bonchev–Trinajstić information content (AvgIpc) is 2.97. The second-order valence-electron chi connectivity index (χ2n) is 5.69. The molecule has 3 rings (SSSR count). The minimum Gasteiger partial charge on any atom is -0.480 e. The summed E-state index contributed by atoms with van der Waals surface area (Å²) in [4.78, 5) is 17.0. The van der Waals surface area contributed by atoms with E-state index in [2.05, 4.69) is 4.98 Å². The molecule has 1 aromatic rings. The highest BCUT2D eigenvalue weighted by Gasteiger charge is 2.48. The SMILES string of the molecule is O=C(O)C1C2CCCC2CN1c1cc(C(F)(F)F)ccn1. The molecule has 2 heterocycles. The molecule has 2 aliphatic rings. The summed E-state index contributed by atoms with van der Waals surface area (Å²) < 4.78 is 38.3. The number of hydrogen-bond acceptors (Lipinski definition) is 3. The summed E-state index contributed by atoms with van der Waals surface area (Å²) in [6.45, 7) is 0.468. The van der Waals surface area contributed by atoms with E-state index in [-0.39, 0.29) is 17.7 Å². The molecule has 1 saturated heterocycles. The standard InChI is InChI=1S/C14H15F3N2O2/c15-14(16,17)9-4-5-18-11(6-9)19-7-8-2-1-3-10(8)12(19)13(20)21/h4-6,8,10,12H,1-3,7H2,(H,20,21). The molecule has 7 heteroatoms. The van der Waals surface area contributed by atoms with Crippen molar-refractivity contribution in [3.63, 3.8) is 0 Å². The fourth-order valence-corrected chi connectivity index (χ4v) is 3.61. The van der Waals surface area contributed by atoms with Gasteiger partial charge in [0.25, 0.3) is 0 Å². The first-order valence-corrected chi connectivity index (χ1v) is 6.90. The predicted molar refractivity (Wildman–Crippen MR) is 68.8 cm³/mol. The molecule has 21 heavy (non-hydrogen) atoms. The molecule has 1 N–H and O–H groups in total. The van der Waals surface area contributed by atoms with E-state index in [1.165, 1.54) is 4.90 Å². The monoisotopic (exact) mass is 300 g/mol. The van der Waals surface area contributed by atoms with Crippen LogP contribution in [0.5, 0.6) is 0 Å². The van der Waals surface area contributed by atoms with E-state index >= 15 is 0 Å². The van der Waals surface area contributed by atoms with Gasteiger partial charge in [0.1, 0.15) is 11.9 Å². The topological polar surface area (TPSA) is 53.4 Å². The highest BCUT2D eigenvalue weighted by Crippen LogP contribution is 2.44. The van der Waals surface area contributed by atoms with Gasteiger partial charge in [0.2, 0.25) is 0 Å². The molecule has 0 radical (unpaired) electrons. The summed E-state index contributed by atoms with van der Waals surface area (Å²) in [6, 6.07) is 1.07. The van der Waals surface area contributed by atoms with Crippen molar-refractivity contribution in [3.05, 3.63) is 23.9 Å². The number of carboxylic acid groups (broad SMARTS) is 1. The van der Waals surface area contributed by atoms with Crippen LogP contribution in [-0.2, 0) is 11.0 Å². The summed E-state index contributed by atoms with van der Waals surface area (Å²) in [6.07, 6.45) is -0.624. The van der Waals surface area contributed by atoms with Crippen LogP contribution in [0.15, 0.2) is 18.3 Å². The average molecular weight is 300 g/mol. The zero-order valence-electron chi connectivity index (χ0n) is 11.2. The van der Waals surface area contributed by atoms with Gasteiger partial charge in [0.05, 0.1) is 5.56 Å². The Bertz CT molecular complexity index is 561. The Balaban J connectivity index is 1.94. The second kappa shape index (κ2) is 4.89. The van der Waals surface area contributed by atoms with E-state index in [4.69, 9.17) is 0 Å². The maximum atomic E-state index is 12.8. The number of rotatable bonds is 2. The molecule has 3 unspecified atom stereocenters. The van der Waals surface area contributed by atoms with Crippen molar-refractivity contribution in [3.8, 4) is 0 Å².